The number of hydrogen-bond acceptors (Lipinski definition) is 8. The van der Waals surface area contributed by atoms with E-state index in [0.29, 0.717) is 52.1 Å². The fourth-order valence-corrected chi connectivity index (χ4v) is 7.98. The number of allylic oxidation sites excluding steroid dienone is 2. The number of rotatable bonds is 17. The Morgan fingerprint density at radius 3 is 1.40 bits per heavy atom. The number of amides is 4. The molecule has 2 N–H and O–H groups in total. The fourth-order valence-electron chi connectivity index (χ4n) is 7.98. The van der Waals surface area contributed by atoms with Crippen molar-refractivity contribution >= 4 is 35.4 Å². The Morgan fingerprint density at radius 1 is 0.600 bits per heavy atom. The topological polar surface area (TPSA) is 165 Å². The van der Waals surface area contributed by atoms with Gasteiger partial charge in [0.25, 0.3) is 0 Å². The maximum atomic E-state index is 13.7. The molecule has 0 aromatic heterocycles. The van der Waals surface area contributed by atoms with E-state index in [1.165, 1.54) is 24.0 Å². The predicted molar refractivity (Wildman–Crippen MR) is 237 cm³/mol. The highest BCUT2D eigenvalue weighted by Gasteiger charge is 2.39. The summed E-state index contributed by atoms with van der Waals surface area (Å²) in [6.07, 6.45) is 1.85. The third kappa shape index (κ3) is 11.4. The second kappa shape index (κ2) is 21.3. The second-order valence-electron chi connectivity index (χ2n) is 15.9. The van der Waals surface area contributed by atoms with Crippen LogP contribution in [0.3, 0.4) is 0 Å². The van der Waals surface area contributed by atoms with E-state index in [1.54, 1.807) is 61.5 Å². The number of nitrogens with one attached hydrogen (secondary N) is 2. The van der Waals surface area contributed by atoms with Gasteiger partial charge in [0.2, 0.25) is 0 Å². The van der Waals surface area contributed by atoms with Gasteiger partial charge in [0, 0.05) is 11.4 Å². The number of carbonyl (C=O) groups excluding carboxylic acids is 4. The molecule has 2 heterocycles. The van der Waals surface area contributed by atoms with Crippen molar-refractivity contribution in [2.75, 3.05) is 23.0 Å². The fraction of sp³-hybridized carbons (Fsp3) is 0.320. The van der Waals surface area contributed by atoms with E-state index in [4.69, 9.17) is 9.47 Å². The third-order valence-corrected chi connectivity index (χ3v) is 11.4. The third-order valence-electron chi connectivity index (χ3n) is 11.4. The number of hydrogen-bond donors (Lipinski definition) is 2. The van der Waals surface area contributed by atoms with E-state index in [2.05, 4.69) is 16.7 Å². The minimum absolute atomic E-state index is 0.0603. The van der Waals surface area contributed by atoms with Gasteiger partial charge in [-0.3, -0.25) is 9.80 Å². The minimum Gasteiger partial charge on any atom is -0.462 e. The number of urea groups is 2. The molecule has 0 saturated carbocycles. The van der Waals surface area contributed by atoms with Crippen molar-refractivity contribution < 1.29 is 41.8 Å². The van der Waals surface area contributed by atoms with Crippen molar-refractivity contribution in [1.29, 1.82) is 10.5 Å². The summed E-state index contributed by atoms with van der Waals surface area (Å²) in [7, 11) is 0. The molecular weight excluding hydrogens is 838 g/mol. The number of anilines is 2. The number of aryl methyl sites for hydroxylation is 1. The quantitative estimate of drug-likeness (QED) is 0.0781. The maximum absolute atomic E-state index is 13.7. The number of alkyl halides is 3. The van der Waals surface area contributed by atoms with Crippen molar-refractivity contribution in [2.24, 2.45) is 0 Å². The Hall–Kier alpha value is -7.39. The summed E-state index contributed by atoms with van der Waals surface area (Å²) >= 11 is 0. The van der Waals surface area contributed by atoms with Gasteiger partial charge in [-0.15, -0.1) is 0 Å². The first-order valence-electron chi connectivity index (χ1n) is 21.4. The summed E-state index contributed by atoms with van der Waals surface area (Å²) < 4.78 is 52.2. The van der Waals surface area contributed by atoms with Crippen molar-refractivity contribution in [2.45, 2.75) is 90.4 Å². The first-order valence-corrected chi connectivity index (χ1v) is 21.4. The highest BCUT2D eigenvalue weighted by Crippen LogP contribution is 2.38. The van der Waals surface area contributed by atoms with Crippen LogP contribution in [0, 0.1) is 29.6 Å². The molecule has 2 atom stereocenters. The van der Waals surface area contributed by atoms with Crippen LogP contribution in [0.4, 0.5) is 34.1 Å². The average molecular weight is 887 g/mol. The zero-order chi connectivity index (χ0) is 46.7. The largest absolute Gasteiger partial charge is 0.462 e. The van der Waals surface area contributed by atoms with E-state index in [0.717, 1.165) is 61.1 Å². The first-order chi connectivity index (χ1) is 31.2. The predicted octanol–water partition coefficient (Wildman–Crippen LogP) is 10.8. The Labute approximate surface area is 375 Å². The molecule has 15 heteroatoms. The summed E-state index contributed by atoms with van der Waals surface area (Å²) in [6, 6.07) is 26.0. The lowest BCUT2D eigenvalue weighted by atomic mass is 9.94. The summed E-state index contributed by atoms with van der Waals surface area (Å²) in [6.45, 7) is 5.42. The average Bonchev–Trinajstić information content (AvgIpc) is 3.28. The second-order valence-corrected chi connectivity index (χ2v) is 15.9. The number of carbonyl (C=O) groups is 4. The molecule has 4 aromatic rings. The normalized spacial score (nSPS) is 16.4. The standard InChI is InChI=1S/C50H49F3N6O6/c1-32-14-12-16-40(28-32)58-33(2)42(44(56-48(58)62)37-22-18-35(30-54)19-23-37)46(60)64-26-10-8-6-4-5-7-9-11-27-65-47(61)43-34(3)59(41-17-13-15-39(29-41)50(51,52)53)49(63)57-45(43)38-24-20-36(31-55)21-25-38/h12-25,28-29,44-45H,4-11,26-27H2,1-3H3,(H,56,62)(H,57,63). The lowest BCUT2D eigenvalue weighted by molar-refractivity contribution is -0.140. The summed E-state index contributed by atoms with van der Waals surface area (Å²) in [5.74, 6) is -1.25. The van der Waals surface area contributed by atoms with E-state index in [1.807, 2.05) is 31.2 Å². The van der Waals surface area contributed by atoms with Crippen LogP contribution < -0.4 is 20.4 Å². The van der Waals surface area contributed by atoms with Gasteiger partial charge in [-0.05, 0) is 105 Å². The minimum atomic E-state index is -4.65. The van der Waals surface area contributed by atoms with Gasteiger partial charge in [0.15, 0.2) is 0 Å². The van der Waals surface area contributed by atoms with Crippen molar-refractivity contribution in [3.8, 4) is 12.1 Å². The van der Waals surface area contributed by atoms with Gasteiger partial charge in [-0.2, -0.15) is 23.7 Å². The summed E-state index contributed by atoms with van der Waals surface area (Å²) in [5.41, 5.74) is 3.47. The van der Waals surface area contributed by atoms with Gasteiger partial charge >= 0.3 is 30.2 Å². The molecule has 2 unspecified atom stereocenters. The monoisotopic (exact) mass is 886 g/mol. The molecule has 4 amide bonds. The van der Waals surface area contributed by atoms with Crippen LogP contribution in [0.2, 0.25) is 0 Å². The molecule has 0 bridgehead atoms. The lowest BCUT2D eigenvalue weighted by Crippen LogP contribution is -2.48. The lowest BCUT2D eigenvalue weighted by Gasteiger charge is -2.35. The Kier molecular flexibility index (Phi) is 15.5. The highest BCUT2D eigenvalue weighted by atomic mass is 19.4. The van der Waals surface area contributed by atoms with Gasteiger partial charge < -0.3 is 20.1 Å². The van der Waals surface area contributed by atoms with Crippen LogP contribution in [0.25, 0.3) is 0 Å². The highest BCUT2D eigenvalue weighted by molar-refractivity contribution is 6.04. The Morgan fingerprint density at radius 2 is 1.00 bits per heavy atom. The van der Waals surface area contributed by atoms with Crippen LogP contribution >= 0.6 is 0 Å². The number of nitriles is 2. The molecule has 0 fully saturated rings. The van der Waals surface area contributed by atoms with Crippen LogP contribution in [0.15, 0.2) is 120 Å². The molecule has 65 heavy (non-hydrogen) atoms. The number of unbranched alkanes of at least 4 members (excludes halogenated alkanes) is 7. The van der Waals surface area contributed by atoms with Crippen molar-refractivity contribution in [3.63, 3.8) is 0 Å². The van der Waals surface area contributed by atoms with E-state index >= 15 is 0 Å². The molecule has 2 aliphatic rings. The Bertz CT molecular complexity index is 2560. The molecule has 0 spiro atoms. The number of nitrogens with zero attached hydrogens (tertiary/aromatic N) is 4. The van der Waals surface area contributed by atoms with Crippen LogP contribution in [0.5, 0.6) is 0 Å². The first kappa shape index (κ1) is 47.1. The van der Waals surface area contributed by atoms with Crippen LogP contribution in [-0.2, 0) is 25.2 Å². The van der Waals surface area contributed by atoms with Crippen LogP contribution in [0.1, 0.15) is 111 Å². The molecule has 2 aliphatic heterocycles. The summed E-state index contributed by atoms with van der Waals surface area (Å²) in [5, 5.41) is 24.2. The van der Waals surface area contributed by atoms with Gasteiger partial charge in [-0.1, -0.05) is 81.0 Å². The molecule has 0 saturated heterocycles. The molecule has 0 radical (unpaired) electrons. The molecule has 12 nitrogen and oxygen atoms in total. The number of esters is 2. The summed E-state index contributed by atoms with van der Waals surface area (Å²) in [4.78, 5) is 56.7. The number of halogens is 3. The van der Waals surface area contributed by atoms with E-state index < -0.39 is 41.8 Å². The number of ether oxygens (including phenoxy) is 2. The smallest absolute Gasteiger partial charge is 0.416 e. The molecule has 6 rings (SSSR count). The van der Waals surface area contributed by atoms with Gasteiger partial charge in [0.05, 0.1) is 76.6 Å². The van der Waals surface area contributed by atoms with Crippen molar-refractivity contribution in [3.05, 3.63) is 153 Å². The number of benzene rings is 4. The zero-order valence-corrected chi connectivity index (χ0v) is 36.3. The van der Waals surface area contributed by atoms with Crippen LogP contribution in [-0.4, -0.2) is 37.2 Å². The molecular formula is C50H49F3N6O6. The zero-order valence-electron chi connectivity index (χ0n) is 36.3. The maximum Gasteiger partial charge on any atom is 0.416 e. The Balaban J connectivity index is 0.975. The molecule has 4 aromatic carbocycles. The van der Waals surface area contributed by atoms with E-state index in [9.17, 15) is 42.9 Å². The molecule has 0 aliphatic carbocycles. The SMILES string of the molecule is CC1=C(C(=O)OCCCCCCCCCCOC(=O)C2=C(C)N(c3cccc(C(F)(F)F)c3)C(=O)NC2c2ccc(C#N)cc2)C(c2ccc(C#N)cc2)NC(=O)N1c1cccc(C)c1. The molecule has 336 valence electrons. The van der Waals surface area contributed by atoms with Gasteiger partial charge in [-0.25, -0.2) is 19.2 Å². The van der Waals surface area contributed by atoms with Gasteiger partial charge in [0.1, 0.15) is 0 Å². The van der Waals surface area contributed by atoms with E-state index in [-0.39, 0.29) is 36.2 Å². The van der Waals surface area contributed by atoms with Crippen molar-refractivity contribution in [1.82, 2.24) is 10.6 Å².